The second kappa shape index (κ2) is 5.80. The van der Waals surface area contributed by atoms with E-state index in [-0.39, 0.29) is 5.91 Å². The lowest BCUT2D eigenvalue weighted by Crippen LogP contribution is -2.31. The Kier molecular flexibility index (Phi) is 4.32. The molecule has 1 amide bonds. The monoisotopic (exact) mass is 281 g/mol. The van der Waals surface area contributed by atoms with Gasteiger partial charge < -0.3 is 11.1 Å². The first-order valence-electron chi connectivity index (χ1n) is 6.49. The fourth-order valence-corrected chi connectivity index (χ4v) is 2.36. The Hall–Kier alpha value is -1.26. The molecule has 0 bridgehead atoms. The minimum atomic E-state index is -0.0664. The summed E-state index contributed by atoms with van der Waals surface area (Å²) in [7, 11) is 1.96. The van der Waals surface area contributed by atoms with E-state index in [0.717, 1.165) is 18.4 Å². The highest BCUT2D eigenvalue weighted by Crippen LogP contribution is 2.37. The lowest BCUT2D eigenvalue weighted by Gasteiger charge is -2.16. The third-order valence-corrected chi connectivity index (χ3v) is 3.83. The van der Waals surface area contributed by atoms with Crippen LogP contribution in [-0.4, -0.2) is 30.9 Å². The van der Waals surface area contributed by atoms with Crippen molar-refractivity contribution in [2.45, 2.75) is 13.3 Å². The smallest absolute Gasteiger partial charge is 0.238 e. The van der Waals surface area contributed by atoms with Crippen LogP contribution in [0.5, 0.6) is 0 Å². The first-order chi connectivity index (χ1) is 8.95. The van der Waals surface area contributed by atoms with Crippen LogP contribution in [0.15, 0.2) is 18.2 Å². The molecule has 0 spiro atoms. The molecule has 2 atom stereocenters. The Balaban J connectivity index is 1.84. The molecule has 3 N–H and O–H groups in total. The first-order valence-corrected chi connectivity index (χ1v) is 6.87. The molecule has 0 aromatic heterocycles. The van der Waals surface area contributed by atoms with E-state index < -0.39 is 0 Å². The van der Waals surface area contributed by atoms with Crippen LogP contribution in [0.4, 0.5) is 11.4 Å². The van der Waals surface area contributed by atoms with E-state index in [1.807, 2.05) is 11.9 Å². The molecule has 2 rings (SSSR count). The van der Waals surface area contributed by atoms with E-state index in [1.54, 1.807) is 18.2 Å². The Morgan fingerprint density at radius 1 is 1.58 bits per heavy atom. The maximum absolute atomic E-state index is 11.9. The number of hydrogen-bond donors (Lipinski definition) is 2. The summed E-state index contributed by atoms with van der Waals surface area (Å²) in [5, 5.41) is 3.30. The number of likely N-dealkylation sites (N-methyl/N-ethyl adjacent to an activating group) is 1. The average molecular weight is 282 g/mol. The zero-order chi connectivity index (χ0) is 14.0. The van der Waals surface area contributed by atoms with Crippen LogP contribution in [0.2, 0.25) is 5.02 Å². The summed E-state index contributed by atoms with van der Waals surface area (Å²) in [5.41, 5.74) is 6.83. The summed E-state index contributed by atoms with van der Waals surface area (Å²) in [6.07, 6.45) is 1.27. The normalized spacial score (nSPS) is 21.5. The molecule has 0 saturated heterocycles. The summed E-state index contributed by atoms with van der Waals surface area (Å²) in [6.45, 7) is 3.58. The molecule has 0 heterocycles. The number of nitrogens with one attached hydrogen (secondary N) is 1. The molecule has 5 heteroatoms. The van der Waals surface area contributed by atoms with Gasteiger partial charge in [0.25, 0.3) is 0 Å². The highest BCUT2D eigenvalue weighted by atomic mass is 35.5. The number of carbonyl (C=O) groups is 1. The van der Waals surface area contributed by atoms with Gasteiger partial charge in [-0.3, -0.25) is 9.69 Å². The summed E-state index contributed by atoms with van der Waals surface area (Å²) in [4.78, 5) is 14.0. The molecule has 1 aliphatic carbocycles. The number of nitrogen functional groups attached to an aromatic ring is 1. The van der Waals surface area contributed by atoms with Gasteiger partial charge in [0.05, 0.1) is 17.3 Å². The quantitative estimate of drug-likeness (QED) is 0.815. The van der Waals surface area contributed by atoms with Crippen molar-refractivity contribution in [1.29, 1.82) is 0 Å². The van der Waals surface area contributed by atoms with Gasteiger partial charge in [0.15, 0.2) is 0 Å². The summed E-state index contributed by atoms with van der Waals surface area (Å²) in [5.74, 6) is 1.48. The minimum absolute atomic E-state index is 0.0664. The fourth-order valence-electron chi connectivity index (χ4n) is 2.19. The van der Waals surface area contributed by atoms with Crippen LogP contribution in [0.3, 0.4) is 0 Å². The van der Waals surface area contributed by atoms with Gasteiger partial charge in [-0.2, -0.15) is 0 Å². The molecule has 2 unspecified atom stereocenters. The van der Waals surface area contributed by atoms with Gasteiger partial charge in [0.2, 0.25) is 5.91 Å². The second-order valence-corrected chi connectivity index (χ2v) is 5.86. The Bertz CT molecular complexity index is 478. The molecule has 1 aromatic carbocycles. The van der Waals surface area contributed by atoms with E-state index >= 15 is 0 Å². The molecule has 1 aliphatic rings. The highest BCUT2D eigenvalue weighted by molar-refractivity contribution is 6.33. The maximum atomic E-state index is 11.9. The van der Waals surface area contributed by atoms with Crippen molar-refractivity contribution in [2.75, 3.05) is 31.2 Å². The number of nitrogens with two attached hydrogens (primary N) is 1. The molecule has 19 heavy (non-hydrogen) atoms. The maximum Gasteiger partial charge on any atom is 0.238 e. The van der Waals surface area contributed by atoms with Crippen molar-refractivity contribution in [3.05, 3.63) is 23.2 Å². The van der Waals surface area contributed by atoms with Crippen molar-refractivity contribution in [2.24, 2.45) is 11.8 Å². The first kappa shape index (κ1) is 14.2. The van der Waals surface area contributed by atoms with Crippen LogP contribution in [0, 0.1) is 11.8 Å². The molecule has 104 valence electrons. The SMILES string of the molecule is CC1CC1CN(C)CC(=O)Nc1cc(N)ccc1Cl. The molecule has 1 saturated carbocycles. The topological polar surface area (TPSA) is 58.4 Å². The summed E-state index contributed by atoms with van der Waals surface area (Å²) < 4.78 is 0. The number of amides is 1. The number of hydrogen-bond acceptors (Lipinski definition) is 3. The number of nitrogens with zero attached hydrogens (tertiary/aromatic N) is 1. The standard InChI is InChI=1S/C14H20ClN3O/c1-9-5-10(9)7-18(2)8-14(19)17-13-6-11(16)3-4-12(13)15/h3-4,6,9-10H,5,7-8,16H2,1-2H3,(H,17,19). The average Bonchev–Trinajstić information content (AvgIpc) is 2.99. The Labute approximate surface area is 118 Å². The lowest BCUT2D eigenvalue weighted by molar-refractivity contribution is -0.117. The number of carbonyl (C=O) groups excluding carboxylic acids is 1. The van der Waals surface area contributed by atoms with Crippen LogP contribution < -0.4 is 11.1 Å². The number of halogens is 1. The number of anilines is 2. The minimum Gasteiger partial charge on any atom is -0.399 e. The van der Waals surface area contributed by atoms with Crippen molar-refractivity contribution in [3.63, 3.8) is 0 Å². The fraction of sp³-hybridized carbons (Fsp3) is 0.500. The molecule has 1 fully saturated rings. The van der Waals surface area contributed by atoms with E-state index in [1.165, 1.54) is 6.42 Å². The molecule has 1 aromatic rings. The van der Waals surface area contributed by atoms with Crippen molar-refractivity contribution in [3.8, 4) is 0 Å². The van der Waals surface area contributed by atoms with Crippen LogP contribution in [-0.2, 0) is 4.79 Å². The zero-order valence-electron chi connectivity index (χ0n) is 11.3. The van der Waals surface area contributed by atoms with Gasteiger partial charge in [-0.05, 0) is 43.5 Å². The number of rotatable bonds is 5. The highest BCUT2D eigenvalue weighted by Gasteiger charge is 2.33. The van der Waals surface area contributed by atoms with Gasteiger partial charge >= 0.3 is 0 Å². The summed E-state index contributed by atoms with van der Waals surface area (Å²) in [6, 6.07) is 5.06. The van der Waals surface area contributed by atoms with Crippen molar-refractivity contribution < 1.29 is 4.79 Å². The predicted octanol–water partition coefficient (Wildman–Crippen LogP) is 2.45. The van der Waals surface area contributed by atoms with Crippen molar-refractivity contribution >= 4 is 28.9 Å². The van der Waals surface area contributed by atoms with Gasteiger partial charge in [-0.1, -0.05) is 18.5 Å². The predicted molar refractivity (Wildman–Crippen MR) is 79.3 cm³/mol. The number of benzene rings is 1. The van der Waals surface area contributed by atoms with Crippen LogP contribution in [0.1, 0.15) is 13.3 Å². The Morgan fingerprint density at radius 2 is 2.26 bits per heavy atom. The van der Waals surface area contributed by atoms with E-state index in [2.05, 4.69) is 12.2 Å². The second-order valence-electron chi connectivity index (χ2n) is 5.46. The van der Waals surface area contributed by atoms with Gasteiger partial charge in [0, 0.05) is 12.2 Å². The third-order valence-electron chi connectivity index (χ3n) is 3.50. The van der Waals surface area contributed by atoms with Gasteiger partial charge in [0.1, 0.15) is 0 Å². The summed E-state index contributed by atoms with van der Waals surface area (Å²) >= 11 is 6.01. The molecule has 0 radical (unpaired) electrons. The van der Waals surface area contributed by atoms with Gasteiger partial charge in [-0.25, -0.2) is 0 Å². The van der Waals surface area contributed by atoms with E-state index in [4.69, 9.17) is 17.3 Å². The zero-order valence-corrected chi connectivity index (χ0v) is 12.1. The van der Waals surface area contributed by atoms with E-state index in [0.29, 0.717) is 22.9 Å². The molecule has 0 aliphatic heterocycles. The van der Waals surface area contributed by atoms with Gasteiger partial charge in [-0.15, -0.1) is 0 Å². The Morgan fingerprint density at radius 3 is 2.89 bits per heavy atom. The van der Waals surface area contributed by atoms with Crippen LogP contribution >= 0.6 is 11.6 Å². The van der Waals surface area contributed by atoms with E-state index in [9.17, 15) is 4.79 Å². The molecular formula is C14H20ClN3O. The molecular weight excluding hydrogens is 262 g/mol. The van der Waals surface area contributed by atoms with Crippen LogP contribution in [0.25, 0.3) is 0 Å². The largest absolute Gasteiger partial charge is 0.399 e. The third kappa shape index (κ3) is 4.11. The molecule has 4 nitrogen and oxygen atoms in total. The van der Waals surface area contributed by atoms with Crippen molar-refractivity contribution in [1.82, 2.24) is 4.90 Å². The lowest BCUT2D eigenvalue weighted by atomic mass is 10.2.